The van der Waals surface area contributed by atoms with Crippen molar-refractivity contribution in [1.29, 1.82) is 0 Å². The van der Waals surface area contributed by atoms with Crippen molar-refractivity contribution in [3.8, 4) is 5.75 Å². The number of rotatable bonds is 10. The summed E-state index contributed by atoms with van der Waals surface area (Å²) in [5.74, 6) is 1.56. The monoisotopic (exact) mass is 419 g/mol. The third-order valence-corrected chi connectivity index (χ3v) is 4.98. The third kappa shape index (κ3) is 9.00. The molecule has 1 aromatic rings. The number of guanidine groups is 1. The number of morpholine rings is 1. The summed E-state index contributed by atoms with van der Waals surface area (Å²) in [5.41, 5.74) is 1.21. The van der Waals surface area contributed by atoms with Gasteiger partial charge in [0.15, 0.2) is 5.96 Å². The highest BCUT2D eigenvalue weighted by atomic mass is 16.5. The molecule has 1 amide bonds. The lowest BCUT2D eigenvalue weighted by Gasteiger charge is -2.27. The van der Waals surface area contributed by atoms with Gasteiger partial charge in [-0.25, -0.2) is 4.99 Å². The second-order valence-corrected chi connectivity index (χ2v) is 7.75. The number of likely N-dealkylation sites (N-methyl/N-ethyl adjacent to an activating group) is 2. The molecule has 1 aromatic carbocycles. The number of carbonyl (C=O) groups is 1. The fourth-order valence-corrected chi connectivity index (χ4v) is 2.96. The molecule has 168 valence electrons. The van der Waals surface area contributed by atoms with Gasteiger partial charge in [-0.2, -0.15) is 0 Å². The average Bonchev–Trinajstić information content (AvgIpc) is 2.75. The number of nitrogens with one attached hydrogen (secondary N) is 1. The molecule has 0 unspecified atom stereocenters. The van der Waals surface area contributed by atoms with Crippen molar-refractivity contribution in [2.45, 2.75) is 13.3 Å². The predicted octanol–water partition coefficient (Wildman–Crippen LogP) is 1.06. The smallest absolute Gasteiger partial charge is 0.243 e. The molecule has 0 aliphatic carbocycles. The number of aliphatic imine (C=N–C) groups is 1. The maximum absolute atomic E-state index is 12.0. The Morgan fingerprint density at radius 3 is 2.57 bits per heavy atom. The largest absolute Gasteiger partial charge is 0.492 e. The first-order valence-electron chi connectivity index (χ1n) is 10.6. The van der Waals surface area contributed by atoms with Crippen molar-refractivity contribution in [3.05, 3.63) is 29.8 Å². The highest BCUT2D eigenvalue weighted by molar-refractivity contribution is 5.84. The Bertz CT molecular complexity index is 657. The number of ether oxygens (including phenoxy) is 2. The molecule has 1 aliphatic heterocycles. The Hall–Kier alpha value is -2.32. The summed E-state index contributed by atoms with van der Waals surface area (Å²) < 4.78 is 11.2. The lowest BCUT2D eigenvalue weighted by Crippen LogP contribution is -2.43. The van der Waals surface area contributed by atoms with E-state index >= 15 is 0 Å². The highest BCUT2D eigenvalue weighted by Gasteiger charge is 2.11. The molecule has 8 nitrogen and oxygen atoms in total. The van der Waals surface area contributed by atoms with E-state index in [9.17, 15) is 4.79 Å². The molecule has 0 bridgehead atoms. The number of nitrogens with zero attached hydrogens (tertiary/aromatic N) is 4. The van der Waals surface area contributed by atoms with Crippen LogP contribution < -0.4 is 10.1 Å². The SMILES string of the molecule is Cc1ccc(OCCN(C)C(=NCC(=O)N(C)C)NCCCN2CCOCC2)cc1. The lowest BCUT2D eigenvalue weighted by molar-refractivity contribution is -0.127. The van der Waals surface area contributed by atoms with Crippen molar-refractivity contribution in [2.24, 2.45) is 4.99 Å². The molecule has 0 radical (unpaired) electrons. The number of carbonyl (C=O) groups excluding carboxylic acids is 1. The van der Waals surface area contributed by atoms with Gasteiger partial charge in [-0.3, -0.25) is 9.69 Å². The number of hydrogen-bond acceptors (Lipinski definition) is 5. The topological polar surface area (TPSA) is 69.6 Å². The molecule has 0 atom stereocenters. The first kappa shape index (κ1) is 24.0. The number of hydrogen-bond donors (Lipinski definition) is 1. The van der Waals surface area contributed by atoms with E-state index in [0.717, 1.165) is 57.5 Å². The fraction of sp³-hybridized carbons (Fsp3) is 0.636. The van der Waals surface area contributed by atoms with Crippen LogP contribution in [0.5, 0.6) is 5.75 Å². The minimum Gasteiger partial charge on any atom is -0.492 e. The van der Waals surface area contributed by atoms with Crippen LogP contribution in [0, 0.1) is 6.92 Å². The molecule has 0 aromatic heterocycles. The number of aryl methyl sites for hydroxylation is 1. The van der Waals surface area contributed by atoms with E-state index in [2.05, 4.69) is 22.1 Å². The van der Waals surface area contributed by atoms with Crippen LogP contribution in [0.25, 0.3) is 0 Å². The van der Waals surface area contributed by atoms with Crippen LogP contribution in [0.2, 0.25) is 0 Å². The van der Waals surface area contributed by atoms with E-state index < -0.39 is 0 Å². The van der Waals surface area contributed by atoms with Crippen molar-refractivity contribution in [2.75, 3.05) is 80.2 Å². The van der Waals surface area contributed by atoms with Gasteiger partial charge in [0, 0.05) is 40.8 Å². The van der Waals surface area contributed by atoms with Gasteiger partial charge in [0.2, 0.25) is 5.91 Å². The first-order chi connectivity index (χ1) is 14.5. The van der Waals surface area contributed by atoms with Gasteiger partial charge >= 0.3 is 0 Å². The highest BCUT2D eigenvalue weighted by Crippen LogP contribution is 2.11. The zero-order valence-corrected chi connectivity index (χ0v) is 18.9. The average molecular weight is 420 g/mol. The first-order valence-corrected chi connectivity index (χ1v) is 10.6. The molecule has 8 heteroatoms. The van der Waals surface area contributed by atoms with E-state index in [0.29, 0.717) is 13.2 Å². The minimum absolute atomic E-state index is 0.0214. The zero-order valence-electron chi connectivity index (χ0n) is 18.9. The predicted molar refractivity (Wildman–Crippen MR) is 120 cm³/mol. The van der Waals surface area contributed by atoms with Gasteiger partial charge in [-0.15, -0.1) is 0 Å². The van der Waals surface area contributed by atoms with Crippen LogP contribution in [0.3, 0.4) is 0 Å². The number of amides is 1. The van der Waals surface area contributed by atoms with Crippen LogP contribution >= 0.6 is 0 Å². The Morgan fingerprint density at radius 1 is 1.20 bits per heavy atom. The van der Waals surface area contributed by atoms with Gasteiger partial charge in [0.1, 0.15) is 18.9 Å². The Kier molecular flexibility index (Phi) is 10.4. The van der Waals surface area contributed by atoms with Gasteiger partial charge in [0.05, 0.1) is 19.8 Å². The van der Waals surface area contributed by atoms with Crippen LogP contribution in [0.1, 0.15) is 12.0 Å². The lowest BCUT2D eigenvalue weighted by atomic mass is 10.2. The van der Waals surface area contributed by atoms with Crippen molar-refractivity contribution in [3.63, 3.8) is 0 Å². The fourth-order valence-electron chi connectivity index (χ4n) is 2.96. The zero-order chi connectivity index (χ0) is 21.8. The molecule has 1 saturated heterocycles. The van der Waals surface area contributed by atoms with Gasteiger partial charge in [-0.05, 0) is 32.0 Å². The van der Waals surface area contributed by atoms with Crippen molar-refractivity contribution < 1.29 is 14.3 Å². The molecule has 1 N–H and O–H groups in total. The second-order valence-electron chi connectivity index (χ2n) is 7.75. The molecule has 0 spiro atoms. The quantitative estimate of drug-likeness (QED) is 0.348. The van der Waals surface area contributed by atoms with Crippen LogP contribution in [0.15, 0.2) is 29.3 Å². The minimum atomic E-state index is -0.0214. The van der Waals surface area contributed by atoms with E-state index in [1.165, 1.54) is 5.56 Å². The standard InChI is InChI=1S/C22H37N5O3/c1-19-6-8-20(9-7-19)30-17-12-26(4)22(24-18-21(28)25(2)3)23-10-5-11-27-13-15-29-16-14-27/h6-9H,5,10-18H2,1-4H3,(H,23,24). The Labute approximate surface area is 180 Å². The maximum atomic E-state index is 12.0. The summed E-state index contributed by atoms with van der Waals surface area (Å²) in [6.07, 6.45) is 1.01. The molecule has 1 fully saturated rings. The molecular weight excluding hydrogens is 382 g/mol. The Balaban J connectivity index is 1.81. The summed E-state index contributed by atoms with van der Waals surface area (Å²) >= 11 is 0. The van der Waals surface area contributed by atoms with Crippen LogP contribution in [-0.4, -0.2) is 107 Å². The second kappa shape index (κ2) is 13.1. The van der Waals surface area contributed by atoms with Crippen molar-refractivity contribution >= 4 is 11.9 Å². The van der Waals surface area contributed by atoms with Crippen molar-refractivity contribution in [1.82, 2.24) is 20.0 Å². The summed E-state index contributed by atoms with van der Waals surface area (Å²) in [6, 6.07) is 8.03. The van der Waals surface area contributed by atoms with E-state index in [1.54, 1.807) is 19.0 Å². The summed E-state index contributed by atoms with van der Waals surface area (Å²) in [7, 11) is 5.45. The molecular formula is C22H37N5O3. The van der Waals surface area contributed by atoms with Crippen LogP contribution in [0.4, 0.5) is 0 Å². The van der Waals surface area contributed by atoms with Gasteiger partial charge in [-0.1, -0.05) is 17.7 Å². The molecule has 2 rings (SSSR count). The van der Waals surface area contributed by atoms with E-state index in [4.69, 9.17) is 9.47 Å². The maximum Gasteiger partial charge on any atom is 0.243 e. The third-order valence-electron chi connectivity index (χ3n) is 4.98. The molecule has 30 heavy (non-hydrogen) atoms. The molecule has 1 aliphatic rings. The summed E-state index contributed by atoms with van der Waals surface area (Å²) in [6.45, 7) is 8.84. The normalized spacial score (nSPS) is 15.0. The van der Waals surface area contributed by atoms with E-state index in [1.807, 2.05) is 36.2 Å². The summed E-state index contributed by atoms with van der Waals surface area (Å²) in [4.78, 5) is 22.5. The van der Waals surface area contributed by atoms with Crippen LogP contribution in [-0.2, 0) is 9.53 Å². The van der Waals surface area contributed by atoms with Gasteiger partial charge < -0.3 is 24.6 Å². The van der Waals surface area contributed by atoms with E-state index in [-0.39, 0.29) is 12.5 Å². The number of benzene rings is 1. The van der Waals surface area contributed by atoms with Gasteiger partial charge in [0.25, 0.3) is 0 Å². The molecule has 1 heterocycles. The molecule has 0 saturated carbocycles. The Morgan fingerprint density at radius 2 is 1.90 bits per heavy atom. The summed E-state index contributed by atoms with van der Waals surface area (Å²) in [5, 5.41) is 3.40.